The van der Waals surface area contributed by atoms with Crippen molar-refractivity contribution in [3.63, 3.8) is 0 Å². The van der Waals surface area contributed by atoms with E-state index in [0.717, 1.165) is 25.8 Å². The third kappa shape index (κ3) is 2.42. The SMILES string of the molecule is CC(F)(CN)C1CCCCCN1. The Labute approximate surface area is 73.7 Å². The molecule has 2 nitrogen and oxygen atoms in total. The zero-order chi connectivity index (χ0) is 9.03. The van der Waals surface area contributed by atoms with E-state index in [1.165, 1.54) is 6.42 Å². The summed E-state index contributed by atoms with van der Waals surface area (Å²) < 4.78 is 13.7. The van der Waals surface area contributed by atoms with Crippen molar-refractivity contribution in [1.29, 1.82) is 0 Å². The van der Waals surface area contributed by atoms with E-state index in [1.54, 1.807) is 6.92 Å². The van der Waals surface area contributed by atoms with Crippen LogP contribution in [-0.4, -0.2) is 24.8 Å². The Morgan fingerprint density at radius 1 is 1.50 bits per heavy atom. The normalized spacial score (nSPS) is 30.8. The molecule has 0 aromatic carbocycles. The van der Waals surface area contributed by atoms with Gasteiger partial charge in [-0.05, 0) is 26.3 Å². The topological polar surface area (TPSA) is 38.0 Å². The number of nitrogens with one attached hydrogen (secondary N) is 1. The first-order valence-corrected chi connectivity index (χ1v) is 4.79. The van der Waals surface area contributed by atoms with Crippen molar-refractivity contribution in [2.75, 3.05) is 13.1 Å². The average Bonchev–Trinajstić information content (AvgIpc) is 2.32. The lowest BCUT2D eigenvalue weighted by Gasteiger charge is -2.28. The number of halogens is 1. The van der Waals surface area contributed by atoms with E-state index >= 15 is 0 Å². The van der Waals surface area contributed by atoms with E-state index in [0.29, 0.717) is 0 Å². The number of nitrogens with two attached hydrogens (primary N) is 1. The maximum absolute atomic E-state index is 13.7. The van der Waals surface area contributed by atoms with Gasteiger partial charge >= 0.3 is 0 Å². The van der Waals surface area contributed by atoms with Crippen LogP contribution < -0.4 is 11.1 Å². The van der Waals surface area contributed by atoms with Crippen LogP contribution in [0.4, 0.5) is 4.39 Å². The molecule has 0 aromatic heterocycles. The number of hydrogen-bond acceptors (Lipinski definition) is 2. The summed E-state index contributed by atoms with van der Waals surface area (Å²) in [7, 11) is 0. The number of hydrogen-bond donors (Lipinski definition) is 2. The second-order valence-electron chi connectivity index (χ2n) is 3.84. The Bertz CT molecular complexity index is 128. The van der Waals surface area contributed by atoms with Crippen LogP contribution in [0.3, 0.4) is 0 Å². The van der Waals surface area contributed by atoms with Crippen LogP contribution in [-0.2, 0) is 0 Å². The van der Waals surface area contributed by atoms with Crippen molar-refractivity contribution < 1.29 is 4.39 Å². The van der Waals surface area contributed by atoms with Gasteiger partial charge in [0.15, 0.2) is 0 Å². The molecule has 1 aliphatic heterocycles. The van der Waals surface area contributed by atoms with Crippen LogP contribution in [0.5, 0.6) is 0 Å². The molecule has 0 radical (unpaired) electrons. The first-order chi connectivity index (χ1) is 5.67. The molecule has 0 bridgehead atoms. The molecule has 0 aliphatic carbocycles. The number of alkyl halides is 1. The van der Waals surface area contributed by atoms with E-state index < -0.39 is 5.67 Å². The molecule has 1 fully saturated rings. The molecule has 3 heteroatoms. The molecule has 1 rings (SSSR count). The molecule has 0 aromatic rings. The molecular weight excluding hydrogens is 155 g/mol. The third-order valence-corrected chi connectivity index (χ3v) is 2.69. The maximum atomic E-state index is 13.7. The lowest BCUT2D eigenvalue weighted by molar-refractivity contribution is 0.133. The molecule has 1 heterocycles. The van der Waals surface area contributed by atoms with Gasteiger partial charge in [-0.25, -0.2) is 4.39 Å². The molecule has 2 atom stereocenters. The van der Waals surface area contributed by atoms with Crippen LogP contribution in [0.1, 0.15) is 32.6 Å². The van der Waals surface area contributed by atoms with Crippen molar-refractivity contribution in [2.45, 2.75) is 44.3 Å². The lowest BCUT2D eigenvalue weighted by Crippen LogP contribution is -2.49. The van der Waals surface area contributed by atoms with Gasteiger partial charge in [-0.2, -0.15) is 0 Å². The molecule has 0 saturated carbocycles. The molecule has 0 spiro atoms. The fourth-order valence-corrected chi connectivity index (χ4v) is 1.68. The predicted octanol–water partition coefficient (Wildman–Crippen LogP) is 1.21. The predicted molar refractivity (Wildman–Crippen MR) is 48.8 cm³/mol. The van der Waals surface area contributed by atoms with Crippen LogP contribution >= 0.6 is 0 Å². The highest BCUT2D eigenvalue weighted by molar-refractivity contribution is 4.90. The summed E-state index contributed by atoms with van der Waals surface area (Å²) in [4.78, 5) is 0. The monoisotopic (exact) mass is 174 g/mol. The zero-order valence-corrected chi connectivity index (χ0v) is 7.78. The summed E-state index contributed by atoms with van der Waals surface area (Å²) in [5, 5.41) is 3.22. The van der Waals surface area contributed by atoms with Crippen molar-refractivity contribution in [3.8, 4) is 0 Å². The van der Waals surface area contributed by atoms with Gasteiger partial charge in [0.25, 0.3) is 0 Å². The minimum atomic E-state index is -1.23. The highest BCUT2D eigenvalue weighted by Gasteiger charge is 2.32. The summed E-state index contributed by atoms with van der Waals surface area (Å²) >= 11 is 0. The Morgan fingerprint density at radius 2 is 2.25 bits per heavy atom. The number of rotatable bonds is 2. The minimum Gasteiger partial charge on any atom is -0.327 e. The van der Waals surface area contributed by atoms with Crippen LogP contribution in [0.2, 0.25) is 0 Å². The smallest absolute Gasteiger partial charge is 0.135 e. The summed E-state index contributed by atoms with van der Waals surface area (Å²) in [5.74, 6) is 0. The fraction of sp³-hybridized carbons (Fsp3) is 1.00. The quantitative estimate of drug-likeness (QED) is 0.660. The van der Waals surface area contributed by atoms with Gasteiger partial charge in [0.2, 0.25) is 0 Å². The largest absolute Gasteiger partial charge is 0.327 e. The standard InChI is InChI=1S/C9H19FN2/c1-9(10,7-11)8-5-3-2-4-6-12-8/h8,12H,2-7,11H2,1H3. The molecule has 12 heavy (non-hydrogen) atoms. The molecule has 72 valence electrons. The van der Waals surface area contributed by atoms with Gasteiger partial charge in [-0.3, -0.25) is 0 Å². The Morgan fingerprint density at radius 3 is 2.92 bits per heavy atom. The van der Waals surface area contributed by atoms with E-state index in [4.69, 9.17) is 5.73 Å². The van der Waals surface area contributed by atoms with Gasteiger partial charge in [-0.15, -0.1) is 0 Å². The average molecular weight is 174 g/mol. The van der Waals surface area contributed by atoms with E-state index in [1.807, 2.05) is 0 Å². The summed E-state index contributed by atoms with van der Waals surface area (Å²) in [5.41, 5.74) is 4.14. The highest BCUT2D eigenvalue weighted by Crippen LogP contribution is 2.21. The first-order valence-electron chi connectivity index (χ1n) is 4.79. The first kappa shape index (κ1) is 9.93. The second-order valence-corrected chi connectivity index (χ2v) is 3.84. The minimum absolute atomic E-state index is 0.0370. The van der Waals surface area contributed by atoms with Gasteiger partial charge in [0.1, 0.15) is 5.67 Å². The second kappa shape index (κ2) is 4.19. The molecule has 0 amide bonds. The Hall–Kier alpha value is -0.150. The van der Waals surface area contributed by atoms with Gasteiger partial charge in [0, 0.05) is 12.6 Å². The summed E-state index contributed by atoms with van der Waals surface area (Å²) in [6.07, 6.45) is 4.42. The molecule has 3 N–H and O–H groups in total. The lowest BCUT2D eigenvalue weighted by atomic mass is 9.95. The third-order valence-electron chi connectivity index (χ3n) is 2.69. The van der Waals surface area contributed by atoms with Crippen molar-refractivity contribution in [3.05, 3.63) is 0 Å². The summed E-state index contributed by atoms with van der Waals surface area (Å²) in [6.45, 7) is 2.64. The van der Waals surface area contributed by atoms with Crippen molar-refractivity contribution in [2.24, 2.45) is 5.73 Å². The van der Waals surface area contributed by atoms with Gasteiger partial charge < -0.3 is 11.1 Å². The van der Waals surface area contributed by atoms with Crippen LogP contribution in [0, 0.1) is 0 Å². The van der Waals surface area contributed by atoms with E-state index in [-0.39, 0.29) is 12.6 Å². The highest BCUT2D eigenvalue weighted by atomic mass is 19.1. The van der Waals surface area contributed by atoms with Gasteiger partial charge in [0.05, 0.1) is 0 Å². The molecule has 1 saturated heterocycles. The fourth-order valence-electron chi connectivity index (χ4n) is 1.68. The van der Waals surface area contributed by atoms with Crippen LogP contribution in [0.15, 0.2) is 0 Å². The van der Waals surface area contributed by atoms with E-state index in [9.17, 15) is 4.39 Å². The molecular formula is C9H19FN2. The van der Waals surface area contributed by atoms with Crippen LogP contribution in [0.25, 0.3) is 0 Å². The molecule has 1 aliphatic rings. The Balaban J connectivity index is 2.47. The molecule has 2 unspecified atom stereocenters. The zero-order valence-electron chi connectivity index (χ0n) is 7.78. The van der Waals surface area contributed by atoms with Crippen molar-refractivity contribution in [1.82, 2.24) is 5.32 Å². The maximum Gasteiger partial charge on any atom is 0.135 e. The van der Waals surface area contributed by atoms with Crippen molar-refractivity contribution >= 4 is 0 Å². The van der Waals surface area contributed by atoms with E-state index in [2.05, 4.69) is 5.32 Å². The Kier molecular flexibility index (Phi) is 3.47. The summed E-state index contributed by atoms with van der Waals surface area (Å²) in [6, 6.07) is -0.0370. The van der Waals surface area contributed by atoms with Gasteiger partial charge in [-0.1, -0.05) is 12.8 Å².